The van der Waals surface area contributed by atoms with Gasteiger partial charge in [-0.25, -0.2) is 0 Å². The lowest BCUT2D eigenvalue weighted by Gasteiger charge is -2.28. The van der Waals surface area contributed by atoms with Gasteiger partial charge in [-0.15, -0.1) is 0 Å². The summed E-state index contributed by atoms with van der Waals surface area (Å²) in [6.45, 7) is 0. The quantitative estimate of drug-likeness (QED) is 0.291. The molecule has 0 unspecified atom stereocenters. The van der Waals surface area contributed by atoms with E-state index in [0.717, 1.165) is 30.2 Å². The van der Waals surface area contributed by atoms with Gasteiger partial charge in [0.1, 0.15) is 0 Å². The highest BCUT2D eigenvalue weighted by atomic mass is 14.3. The van der Waals surface area contributed by atoms with E-state index in [-0.39, 0.29) is 0 Å². The number of nitriles is 2. The molecule has 0 aromatic heterocycles. The van der Waals surface area contributed by atoms with Crippen molar-refractivity contribution in [3.8, 4) is 12.1 Å². The fourth-order valence-electron chi connectivity index (χ4n) is 3.92. The van der Waals surface area contributed by atoms with E-state index in [4.69, 9.17) is 10.5 Å². The molecule has 26 heavy (non-hydrogen) atoms. The van der Waals surface area contributed by atoms with Crippen LogP contribution >= 0.6 is 0 Å². The molecule has 0 amide bonds. The molecule has 136 valence electrons. The molecule has 0 bridgehead atoms. The lowest BCUT2D eigenvalue weighted by Crippen LogP contribution is -2.14. The molecule has 0 saturated heterocycles. The van der Waals surface area contributed by atoms with Gasteiger partial charge in [-0.3, -0.25) is 0 Å². The average Bonchev–Trinajstić information content (AvgIpc) is 2.69. The Labute approximate surface area is 158 Å². The smallest absolute Gasteiger partial charge is 0.0991 e. The summed E-state index contributed by atoms with van der Waals surface area (Å²) in [5.41, 5.74) is 2.10. The van der Waals surface area contributed by atoms with Crippen molar-refractivity contribution in [3.63, 3.8) is 0 Å². The predicted molar refractivity (Wildman–Crippen MR) is 107 cm³/mol. The van der Waals surface area contributed by atoms with E-state index in [1.807, 2.05) is 30.4 Å². The van der Waals surface area contributed by atoms with Gasteiger partial charge in [0, 0.05) is 6.08 Å². The first kappa shape index (κ1) is 20.0. The van der Waals surface area contributed by atoms with Crippen LogP contribution in [0.4, 0.5) is 0 Å². The van der Waals surface area contributed by atoms with Crippen LogP contribution in [0.5, 0.6) is 0 Å². The standard InChI is InChI=1S/C24H30N2/c25-19-7-3-1-2-4-8-21-11-13-22(14-12-21)9-5-6-10-23-15-17-24(20-26)18-16-23/h1-3,7,15-18,21-22H,4-6,8-14H2/b2-1+,7-3+/t21-,22-. The van der Waals surface area contributed by atoms with E-state index in [0.29, 0.717) is 0 Å². The number of unbranched alkanes of at least 4 members (excludes halogenated alkanes) is 1. The first-order valence-electron chi connectivity index (χ1n) is 10.0. The Morgan fingerprint density at radius 1 is 0.885 bits per heavy atom. The van der Waals surface area contributed by atoms with E-state index in [2.05, 4.69) is 24.3 Å². The first-order chi connectivity index (χ1) is 12.8. The fourth-order valence-corrected chi connectivity index (χ4v) is 3.92. The van der Waals surface area contributed by atoms with Gasteiger partial charge < -0.3 is 0 Å². The summed E-state index contributed by atoms with van der Waals surface area (Å²) in [4.78, 5) is 0. The van der Waals surface area contributed by atoms with Gasteiger partial charge in [0.2, 0.25) is 0 Å². The second-order valence-electron chi connectivity index (χ2n) is 7.43. The number of hydrogen-bond donors (Lipinski definition) is 0. The van der Waals surface area contributed by atoms with E-state index in [9.17, 15) is 0 Å². The van der Waals surface area contributed by atoms with Crippen molar-refractivity contribution in [1.29, 1.82) is 10.5 Å². The molecule has 2 rings (SSSR count). The van der Waals surface area contributed by atoms with Crippen molar-refractivity contribution in [1.82, 2.24) is 0 Å². The molecule has 1 aliphatic rings. The molecule has 2 heteroatoms. The third-order valence-electron chi connectivity index (χ3n) is 5.54. The number of nitrogens with zero attached hydrogens (tertiary/aromatic N) is 2. The maximum absolute atomic E-state index is 8.83. The SMILES string of the molecule is N#C/C=C/C=C/CC[C@H]1CC[C@H](CCCCc2ccc(C#N)cc2)CC1. The summed E-state index contributed by atoms with van der Waals surface area (Å²) in [5.74, 6) is 1.83. The topological polar surface area (TPSA) is 47.6 Å². The predicted octanol–water partition coefficient (Wildman–Crippen LogP) is 6.49. The zero-order chi connectivity index (χ0) is 18.5. The minimum Gasteiger partial charge on any atom is -0.193 e. The van der Waals surface area contributed by atoms with Crippen molar-refractivity contribution in [3.05, 3.63) is 59.7 Å². The lowest BCUT2D eigenvalue weighted by molar-refractivity contribution is 0.250. The van der Waals surface area contributed by atoms with Crippen LogP contribution < -0.4 is 0 Å². The summed E-state index contributed by atoms with van der Waals surface area (Å²) >= 11 is 0. The molecular formula is C24H30N2. The highest BCUT2D eigenvalue weighted by Crippen LogP contribution is 2.34. The number of hydrogen-bond acceptors (Lipinski definition) is 2. The van der Waals surface area contributed by atoms with Crippen LogP contribution in [-0.2, 0) is 6.42 Å². The summed E-state index contributed by atoms with van der Waals surface area (Å²) in [7, 11) is 0. The zero-order valence-corrected chi connectivity index (χ0v) is 15.7. The minimum absolute atomic E-state index is 0.750. The van der Waals surface area contributed by atoms with E-state index < -0.39 is 0 Å². The molecule has 0 spiro atoms. The van der Waals surface area contributed by atoms with Crippen molar-refractivity contribution < 1.29 is 0 Å². The molecule has 0 radical (unpaired) electrons. The van der Waals surface area contributed by atoms with Crippen LogP contribution in [-0.4, -0.2) is 0 Å². The van der Waals surface area contributed by atoms with Crippen molar-refractivity contribution in [2.75, 3.05) is 0 Å². The molecule has 2 nitrogen and oxygen atoms in total. The second-order valence-corrected chi connectivity index (χ2v) is 7.43. The molecule has 1 aromatic carbocycles. The van der Waals surface area contributed by atoms with Gasteiger partial charge in [0.25, 0.3) is 0 Å². The van der Waals surface area contributed by atoms with Crippen LogP contribution in [0.1, 0.15) is 68.9 Å². The molecule has 1 aliphatic carbocycles. The molecule has 1 aromatic rings. The highest BCUT2D eigenvalue weighted by Gasteiger charge is 2.20. The number of allylic oxidation sites excluding steroid dienone is 4. The Hall–Kier alpha value is -2.32. The molecule has 0 atom stereocenters. The average molecular weight is 347 g/mol. The van der Waals surface area contributed by atoms with E-state index in [1.165, 1.54) is 63.0 Å². The molecule has 1 fully saturated rings. The van der Waals surface area contributed by atoms with Gasteiger partial charge in [-0.1, -0.05) is 68.9 Å². The van der Waals surface area contributed by atoms with Crippen molar-refractivity contribution >= 4 is 0 Å². The molecule has 0 heterocycles. The summed E-state index contributed by atoms with van der Waals surface area (Å²) in [6.07, 6.45) is 20.6. The third kappa shape index (κ3) is 7.71. The van der Waals surface area contributed by atoms with Gasteiger partial charge in [-0.2, -0.15) is 10.5 Å². The molecule has 0 aliphatic heterocycles. The summed E-state index contributed by atoms with van der Waals surface area (Å²) in [5, 5.41) is 17.3. The second kappa shape index (κ2) is 12.1. The molecule has 1 saturated carbocycles. The minimum atomic E-state index is 0.750. The van der Waals surface area contributed by atoms with Crippen molar-refractivity contribution in [2.45, 2.75) is 64.2 Å². The van der Waals surface area contributed by atoms with Crippen LogP contribution in [0.15, 0.2) is 48.6 Å². The summed E-state index contributed by atoms with van der Waals surface area (Å²) < 4.78 is 0. The Morgan fingerprint density at radius 3 is 2.23 bits per heavy atom. The van der Waals surface area contributed by atoms with Crippen LogP contribution in [0.25, 0.3) is 0 Å². The van der Waals surface area contributed by atoms with Crippen molar-refractivity contribution in [2.24, 2.45) is 11.8 Å². The van der Waals surface area contributed by atoms with Gasteiger partial charge in [0.15, 0.2) is 0 Å². The Balaban J connectivity index is 1.53. The molecule has 0 N–H and O–H groups in total. The lowest BCUT2D eigenvalue weighted by atomic mass is 9.78. The highest BCUT2D eigenvalue weighted by molar-refractivity contribution is 5.31. The molecular weight excluding hydrogens is 316 g/mol. The largest absolute Gasteiger partial charge is 0.193 e. The van der Waals surface area contributed by atoms with Gasteiger partial charge >= 0.3 is 0 Å². The van der Waals surface area contributed by atoms with Crippen LogP contribution in [0.2, 0.25) is 0 Å². The number of benzene rings is 1. The summed E-state index contributed by atoms with van der Waals surface area (Å²) in [6, 6.07) is 12.2. The zero-order valence-electron chi connectivity index (χ0n) is 15.7. The van der Waals surface area contributed by atoms with Gasteiger partial charge in [-0.05, 0) is 55.2 Å². The van der Waals surface area contributed by atoms with Crippen LogP contribution in [0, 0.1) is 34.5 Å². The maximum Gasteiger partial charge on any atom is 0.0991 e. The van der Waals surface area contributed by atoms with E-state index in [1.54, 1.807) is 0 Å². The number of rotatable bonds is 9. The third-order valence-corrected chi connectivity index (χ3v) is 5.54. The Kier molecular flexibility index (Phi) is 9.31. The van der Waals surface area contributed by atoms with Crippen LogP contribution in [0.3, 0.4) is 0 Å². The van der Waals surface area contributed by atoms with E-state index >= 15 is 0 Å². The van der Waals surface area contributed by atoms with Gasteiger partial charge in [0.05, 0.1) is 17.7 Å². The maximum atomic E-state index is 8.83. The normalized spacial score (nSPS) is 20.2. The monoisotopic (exact) mass is 346 g/mol. The number of aryl methyl sites for hydroxylation is 1. The first-order valence-corrected chi connectivity index (χ1v) is 10.0. The Morgan fingerprint density at radius 2 is 1.58 bits per heavy atom. The Bertz CT molecular complexity index is 647. The fraction of sp³-hybridized carbons (Fsp3) is 0.500.